The molecule has 7 heteroatoms. The molecule has 0 radical (unpaired) electrons. The highest BCUT2D eigenvalue weighted by Gasteiger charge is 2.37. The van der Waals surface area contributed by atoms with Crippen LogP contribution < -0.4 is 0 Å². The Kier molecular flexibility index (Phi) is 3.59. The number of aryl methyl sites for hydroxylation is 1. The summed E-state index contributed by atoms with van der Waals surface area (Å²) in [5.74, 6) is 1.33. The standard InChI is InChI=1S/C16H19N5O2/c1-11-18-16(23-19-11)14-7-13(22-2)10-20(14)9-12-8-17-15-5-3-4-6-21(12)15/h3-6,8,13-14H,7,9-10H2,1-2H3/t13-,14-/m1/s1. The summed E-state index contributed by atoms with van der Waals surface area (Å²) < 4.78 is 13.1. The number of likely N-dealkylation sites (tertiary alicyclic amines) is 1. The van der Waals surface area contributed by atoms with Gasteiger partial charge in [-0.25, -0.2) is 4.98 Å². The first-order chi connectivity index (χ1) is 11.2. The number of methoxy groups -OCH3 is 1. The van der Waals surface area contributed by atoms with Gasteiger partial charge < -0.3 is 13.7 Å². The van der Waals surface area contributed by atoms with Crippen molar-refractivity contribution in [3.05, 3.63) is 48.0 Å². The number of ether oxygens (including phenoxy) is 1. The van der Waals surface area contributed by atoms with Crippen molar-refractivity contribution in [2.24, 2.45) is 0 Å². The van der Waals surface area contributed by atoms with Gasteiger partial charge in [-0.3, -0.25) is 4.90 Å². The summed E-state index contributed by atoms with van der Waals surface area (Å²) in [6.45, 7) is 3.43. The molecule has 0 N–H and O–H groups in total. The molecule has 0 saturated carbocycles. The van der Waals surface area contributed by atoms with Crippen LogP contribution in [0, 0.1) is 6.92 Å². The van der Waals surface area contributed by atoms with Crippen molar-refractivity contribution in [3.63, 3.8) is 0 Å². The molecule has 1 fully saturated rings. The van der Waals surface area contributed by atoms with Gasteiger partial charge in [0.2, 0.25) is 5.89 Å². The van der Waals surface area contributed by atoms with Gasteiger partial charge in [-0.05, 0) is 25.5 Å². The van der Waals surface area contributed by atoms with Crippen molar-refractivity contribution in [1.29, 1.82) is 0 Å². The zero-order chi connectivity index (χ0) is 15.8. The molecule has 0 unspecified atom stereocenters. The van der Waals surface area contributed by atoms with Crippen molar-refractivity contribution in [2.75, 3.05) is 13.7 Å². The molecular weight excluding hydrogens is 294 g/mol. The van der Waals surface area contributed by atoms with Crippen LogP contribution in [-0.4, -0.2) is 44.2 Å². The van der Waals surface area contributed by atoms with Crippen LogP contribution in [0.25, 0.3) is 5.65 Å². The van der Waals surface area contributed by atoms with E-state index in [1.165, 1.54) is 0 Å². The molecule has 4 rings (SSSR count). The minimum atomic E-state index is 0.0791. The highest BCUT2D eigenvalue weighted by Crippen LogP contribution is 2.33. The van der Waals surface area contributed by atoms with Crippen LogP contribution in [0.15, 0.2) is 35.1 Å². The SMILES string of the molecule is CO[C@@H]1C[C@H](c2nc(C)no2)N(Cc2cnc3ccccn23)C1. The van der Waals surface area contributed by atoms with Gasteiger partial charge in [-0.1, -0.05) is 11.2 Å². The number of hydrogen-bond donors (Lipinski definition) is 0. The smallest absolute Gasteiger partial charge is 0.244 e. The van der Waals surface area contributed by atoms with E-state index < -0.39 is 0 Å². The monoisotopic (exact) mass is 313 g/mol. The molecule has 0 aromatic carbocycles. The van der Waals surface area contributed by atoms with E-state index in [-0.39, 0.29) is 12.1 Å². The molecule has 23 heavy (non-hydrogen) atoms. The normalized spacial score (nSPS) is 22.2. The number of pyridine rings is 1. The van der Waals surface area contributed by atoms with Gasteiger partial charge in [0.15, 0.2) is 5.82 Å². The summed E-state index contributed by atoms with van der Waals surface area (Å²) in [5, 5.41) is 3.92. The third kappa shape index (κ3) is 2.62. The molecular formula is C16H19N5O2. The third-order valence-electron chi connectivity index (χ3n) is 4.39. The van der Waals surface area contributed by atoms with Crippen molar-refractivity contribution >= 4 is 5.65 Å². The Hall–Kier alpha value is -2.25. The Labute approximate surface area is 133 Å². The second-order valence-corrected chi connectivity index (χ2v) is 5.90. The van der Waals surface area contributed by atoms with Crippen LogP contribution in [-0.2, 0) is 11.3 Å². The van der Waals surface area contributed by atoms with Crippen LogP contribution in [0.3, 0.4) is 0 Å². The lowest BCUT2D eigenvalue weighted by Crippen LogP contribution is -2.25. The Morgan fingerprint density at radius 1 is 1.39 bits per heavy atom. The summed E-state index contributed by atoms with van der Waals surface area (Å²) in [5.41, 5.74) is 2.09. The number of nitrogens with zero attached hydrogens (tertiary/aromatic N) is 5. The van der Waals surface area contributed by atoms with Gasteiger partial charge in [-0.15, -0.1) is 0 Å². The zero-order valence-corrected chi connectivity index (χ0v) is 13.2. The van der Waals surface area contributed by atoms with Gasteiger partial charge in [0.05, 0.1) is 24.0 Å². The van der Waals surface area contributed by atoms with Crippen LogP contribution in [0.4, 0.5) is 0 Å². The van der Waals surface area contributed by atoms with Crippen LogP contribution >= 0.6 is 0 Å². The topological polar surface area (TPSA) is 68.7 Å². The average Bonchev–Trinajstić information content (AvgIpc) is 3.27. The molecule has 0 spiro atoms. The predicted octanol–water partition coefficient (Wildman–Crippen LogP) is 1.99. The second-order valence-electron chi connectivity index (χ2n) is 5.90. The fourth-order valence-electron chi connectivity index (χ4n) is 3.22. The first-order valence-electron chi connectivity index (χ1n) is 7.72. The molecule has 1 aliphatic heterocycles. The Morgan fingerprint density at radius 3 is 3.09 bits per heavy atom. The summed E-state index contributed by atoms with van der Waals surface area (Å²) in [6.07, 6.45) is 4.99. The van der Waals surface area contributed by atoms with Crippen LogP contribution in [0.5, 0.6) is 0 Å². The fraction of sp³-hybridized carbons (Fsp3) is 0.438. The molecule has 3 aromatic heterocycles. The minimum Gasteiger partial charge on any atom is -0.380 e. The molecule has 1 aliphatic rings. The molecule has 0 aliphatic carbocycles. The van der Waals surface area contributed by atoms with Gasteiger partial charge in [0.25, 0.3) is 0 Å². The average molecular weight is 313 g/mol. The van der Waals surface area contributed by atoms with E-state index in [0.717, 1.165) is 30.9 Å². The van der Waals surface area contributed by atoms with E-state index in [0.29, 0.717) is 11.7 Å². The molecule has 1 saturated heterocycles. The van der Waals surface area contributed by atoms with Crippen molar-refractivity contribution in [3.8, 4) is 0 Å². The van der Waals surface area contributed by atoms with Gasteiger partial charge >= 0.3 is 0 Å². The van der Waals surface area contributed by atoms with E-state index in [2.05, 4.69) is 24.4 Å². The Morgan fingerprint density at radius 2 is 2.30 bits per heavy atom. The van der Waals surface area contributed by atoms with E-state index in [4.69, 9.17) is 9.26 Å². The van der Waals surface area contributed by atoms with Crippen molar-refractivity contribution in [2.45, 2.75) is 32.0 Å². The maximum absolute atomic E-state index is 5.55. The molecule has 4 heterocycles. The highest BCUT2D eigenvalue weighted by molar-refractivity contribution is 5.39. The van der Waals surface area contributed by atoms with Gasteiger partial charge in [0.1, 0.15) is 5.65 Å². The van der Waals surface area contributed by atoms with Gasteiger partial charge in [0, 0.05) is 26.4 Å². The lowest BCUT2D eigenvalue weighted by Gasteiger charge is -2.20. The summed E-state index contributed by atoms with van der Waals surface area (Å²) >= 11 is 0. The number of rotatable bonds is 4. The number of aromatic nitrogens is 4. The second kappa shape index (κ2) is 5.75. The lowest BCUT2D eigenvalue weighted by atomic mass is 10.2. The van der Waals surface area contributed by atoms with Crippen LogP contribution in [0.2, 0.25) is 0 Å². The molecule has 0 bridgehead atoms. The van der Waals surface area contributed by atoms with E-state index >= 15 is 0 Å². The molecule has 7 nitrogen and oxygen atoms in total. The first kappa shape index (κ1) is 14.3. The largest absolute Gasteiger partial charge is 0.380 e. The van der Waals surface area contributed by atoms with E-state index in [9.17, 15) is 0 Å². The fourth-order valence-corrected chi connectivity index (χ4v) is 3.22. The highest BCUT2D eigenvalue weighted by atomic mass is 16.5. The van der Waals surface area contributed by atoms with Crippen molar-refractivity contribution < 1.29 is 9.26 Å². The maximum atomic E-state index is 5.55. The molecule has 3 aromatic rings. The summed E-state index contributed by atoms with van der Waals surface area (Å²) in [4.78, 5) is 11.2. The summed E-state index contributed by atoms with van der Waals surface area (Å²) in [6, 6.07) is 6.09. The molecule has 2 atom stereocenters. The summed E-state index contributed by atoms with van der Waals surface area (Å²) in [7, 11) is 1.75. The minimum absolute atomic E-state index is 0.0791. The zero-order valence-electron chi connectivity index (χ0n) is 13.2. The predicted molar refractivity (Wildman–Crippen MR) is 82.8 cm³/mol. The van der Waals surface area contributed by atoms with Crippen molar-refractivity contribution in [1.82, 2.24) is 24.4 Å². The third-order valence-corrected chi connectivity index (χ3v) is 4.39. The van der Waals surface area contributed by atoms with E-state index in [1.54, 1.807) is 7.11 Å². The number of fused-ring (bicyclic) bond motifs is 1. The number of imidazole rings is 1. The molecule has 0 amide bonds. The number of hydrogen-bond acceptors (Lipinski definition) is 6. The maximum Gasteiger partial charge on any atom is 0.244 e. The van der Waals surface area contributed by atoms with Gasteiger partial charge in [-0.2, -0.15) is 4.98 Å². The lowest BCUT2D eigenvalue weighted by molar-refractivity contribution is 0.107. The quantitative estimate of drug-likeness (QED) is 0.734. The Balaban J connectivity index is 1.62. The molecule has 120 valence electrons. The van der Waals surface area contributed by atoms with Crippen LogP contribution in [0.1, 0.15) is 29.9 Å². The Bertz CT molecular complexity index is 812. The first-order valence-corrected chi connectivity index (χ1v) is 7.72. The van der Waals surface area contributed by atoms with E-state index in [1.807, 2.05) is 37.5 Å².